The zero-order valence-electron chi connectivity index (χ0n) is 26.3. The van der Waals surface area contributed by atoms with Gasteiger partial charge in [0.1, 0.15) is 0 Å². The molecule has 0 unspecified atom stereocenters. The topological polar surface area (TPSA) is 3.24 Å². The Morgan fingerprint density at radius 1 is 0.468 bits per heavy atom. The van der Waals surface area contributed by atoms with E-state index in [9.17, 15) is 0 Å². The van der Waals surface area contributed by atoms with E-state index in [4.69, 9.17) is 0 Å². The van der Waals surface area contributed by atoms with Crippen molar-refractivity contribution in [2.24, 2.45) is 0 Å². The van der Waals surface area contributed by atoms with Gasteiger partial charge >= 0.3 is 0 Å². The minimum Gasteiger partial charge on any atom is -0.310 e. The molecular formula is C45H31NS. The molecule has 0 aliphatic heterocycles. The molecule has 10 rings (SSSR count). The standard InChI is InChI=1S/C45H31NS/c1-45(2)37-15-8-6-13-35(37)43-34-23-21-28-19-20-29-27-31(22-24-32(29)42(28)33(34)25-26-38(43)45)46(30-11-4-3-5-12-30)39-16-10-18-41-44(39)36-14-7-9-17-40(36)47-41/h3-27H,1-2H3. The van der Waals surface area contributed by atoms with Crippen LogP contribution in [0.3, 0.4) is 0 Å². The Hall–Kier alpha value is -5.44. The van der Waals surface area contributed by atoms with Crippen LogP contribution in [0.15, 0.2) is 152 Å². The van der Waals surface area contributed by atoms with Crippen LogP contribution in [0.5, 0.6) is 0 Å². The van der Waals surface area contributed by atoms with Gasteiger partial charge in [-0.1, -0.05) is 123 Å². The molecule has 0 radical (unpaired) electrons. The van der Waals surface area contributed by atoms with E-state index in [0.717, 1.165) is 11.4 Å². The minimum atomic E-state index is -0.0136. The molecule has 0 spiro atoms. The number of thiophene rings is 1. The fraction of sp³-hybridized carbons (Fsp3) is 0.0667. The van der Waals surface area contributed by atoms with Crippen molar-refractivity contribution in [2.75, 3.05) is 4.90 Å². The smallest absolute Gasteiger partial charge is 0.0554 e. The van der Waals surface area contributed by atoms with Crippen molar-refractivity contribution in [1.29, 1.82) is 0 Å². The monoisotopic (exact) mass is 617 g/mol. The summed E-state index contributed by atoms with van der Waals surface area (Å²) in [5.74, 6) is 0. The van der Waals surface area contributed by atoms with Crippen LogP contribution in [-0.2, 0) is 5.41 Å². The molecule has 1 heterocycles. The molecule has 9 aromatic rings. The summed E-state index contributed by atoms with van der Waals surface area (Å²) < 4.78 is 2.62. The summed E-state index contributed by atoms with van der Waals surface area (Å²) >= 11 is 1.87. The fourth-order valence-electron chi connectivity index (χ4n) is 8.25. The molecule has 0 fully saturated rings. The van der Waals surface area contributed by atoms with Gasteiger partial charge in [-0.15, -0.1) is 11.3 Å². The zero-order chi connectivity index (χ0) is 31.3. The molecule has 1 aliphatic rings. The van der Waals surface area contributed by atoms with E-state index in [1.54, 1.807) is 0 Å². The first-order chi connectivity index (χ1) is 23.1. The van der Waals surface area contributed by atoms with Crippen molar-refractivity contribution in [3.05, 3.63) is 163 Å². The zero-order valence-corrected chi connectivity index (χ0v) is 27.1. The van der Waals surface area contributed by atoms with E-state index in [1.807, 2.05) is 11.3 Å². The lowest BCUT2D eigenvalue weighted by atomic mass is 9.82. The Balaban J connectivity index is 1.22. The van der Waals surface area contributed by atoms with Crippen LogP contribution in [-0.4, -0.2) is 0 Å². The first-order valence-corrected chi connectivity index (χ1v) is 17.2. The second-order valence-corrected chi connectivity index (χ2v) is 14.4. The third-order valence-corrected chi connectivity index (χ3v) is 11.6. The van der Waals surface area contributed by atoms with Gasteiger partial charge < -0.3 is 4.90 Å². The van der Waals surface area contributed by atoms with Gasteiger partial charge in [0.2, 0.25) is 0 Å². The van der Waals surface area contributed by atoms with Crippen LogP contribution in [0.25, 0.3) is 63.6 Å². The van der Waals surface area contributed by atoms with Gasteiger partial charge in [0.15, 0.2) is 0 Å². The van der Waals surface area contributed by atoms with E-state index in [2.05, 4.69) is 170 Å². The van der Waals surface area contributed by atoms with Gasteiger partial charge in [0, 0.05) is 37.0 Å². The summed E-state index contributed by atoms with van der Waals surface area (Å²) in [5, 5.41) is 10.4. The summed E-state index contributed by atoms with van der Waals surface area (Å²) in [6.45, 7) is 4.72. The molecule has 0 N–H and O–H groups in total. The van der Waals surface area contributed by atoms with Gasteiger partial charge in [0.05, 0.1) is 5.69 Å². The second-order valence-electron chi connectivity index (χ2n) is 13.3. The second kappa shape index (κ2) is 9.78. The molecule has 0 saturated heterocycles. The average molecular weight is 618 g/mol. The molecule has 1 aromatic heterocycles. The van der Waals surface area contributed by atoms with E-state index >= 15 is 0 Å². The summed E-state index contributed by atoms with van der Waals surface area (Å²) in [5.41, 5.74) is 9.09. The van der Waals surface area contributed by atoms with Gasteiger partial charge in [-0.05, 0) is 97.0 Å². The molecule has 2 heteroatoms. The predicted molar refractivity (Wildman–Crippen MR) is 204 cm³/mol. The predicted octanol–water partition coefficient (Wildman–Crippen LogP) is 13.3. The SMILES string of the molecule is CC1(C)c2ccccc2-c2c1ccc1c2ccc2ccc3cc(N(c4ccccc4)c4cccc5sc6ccccc6c45)ccc3c21. The summed E-state index contributed by atoms with van der Waals surface area (Å²) in [6, 6.07) is 56.3. The molecule has 1 nitrogen and oxygen atoms in total. The first kappa shape index (κ1) is 26.7. The number of hydrogen-bond acceptors (Lipinski definition) is 2. The molecule has 0 bridgehead atoms. The van der Waals surface area contributed by atoms with Crippen molar-refractivity contribution in [2.45, 2.75) is 19.3 Å². The largest absolute Gasteiger partial charge is 0.310 e. The van der Waals surface area contributed by atoms with Crippen molar-refractivity contribution in [3.8, 4) is 11.1 Å². The van der Waals surface area contributed by atoms with Crippen molar-refractivity contribution in [1.82, 2.24) is 0 Å². The molecule has 47 heavy (non-hydrogen) atoms. The highest BCUT2D eigenvalue weighted by molar-refractivity contribution is 7.26. The van der Waals surface area contributed by atoms with Crippen LogP contribution >= 0.6 is 11.3 Å². The maximum absolute atomic E-state index is 2.43. The Labute approximate surface area is 278 Å². The molecule has 0 atom stereocenters. The lowest BCUT2D eigenvalue weighted by Gasteiger charge is -2.27. The Bertz CT molecular complexity index is 2720. The van der Waals surface area contributed by atoms with Crippen molar-refractivity contribution >= 4 is 80.9 Å². The molecule has 0 saturated carbocycles. The highest BCUT2D eigenvalue weighted by atomic mass is 32.1. The van der Waals surface area contributed by atoms with E-state index in [0.29, 0.717) is 0 Å². The summed E-state index contributed by atoms with van der Waals surface area (Å²) in [4.78, 5) is 2.43. The van der Waals surface area contributed by atoms with Crippen LogP contribution in [0.1, 0.15) is 25.0 Å². The normalized spacial score (nSPS) is 13.5. The Morgan fingerprint density at radius 2 is 1.19 bits per heavy atom. The van der Waals surface area contributed by atoms with Crippen LogP contribution in [0, 0.1) is 0 Å². The van der Waals surface area contributed by atoms with Gasteiger partial charge in [0.25, 0.3) is 0 Å². The number of hydrogen-bond donors (Lipinski definition) is 0. The summed E-state index contributed by atoms with van der Waals surface area (Å²) in [7, 11) is 0. The highest BCUT2D eigenvalue weighted by Gasteiger charge is 2.36. The highest BCUT2D eigenvalue weighted by Crippen LogP contribution is 2.52. The van der Waals surface area contributed by atoms with Gasteiger partial charge in [-0.2, -0.15) is 0 Å². The van der Waals surface area contributed by atoms with Crippen molar-refractivity contribution in [3.63, 3.8) is 0 Å². The third kappa shape index (κ3) is 3.77. The number of nitrogens with zero attached hydrogens (tertiary/aromatic N) is 1. The number of fused-ring (bicyclic) bond motifs is 12. The molecule has 222 valence electrons. The maximum atomic E-state index is 2.43. The lowest BCUT2D eigenvalue weighted by Crippen LogP contribution is -2.14. The van der Waals surface area contributed by atoms with Crippen LogP contribution in [0.2, 0.25) is 0 Å². The molecular weight excluding hydrogens is 587 g/mol. The Kier molecular flexibility index (Phi) is 5.57. The minimum absolute atomic E-state index is 0.0136. The molecule has 1 aliphatic carbocycles. The van der Waals surface area contributed by atoms with E-state index in [1.165, 1.54) is 80.4 Å². The summed E-state index contributed by atoms with van der Waals surface area (Å²) in [6.07, 6.45) is 0. The number of para-hydroxylation sites is 1. The number of benzene rings is 8. The maximum Gasteiger partial charge on any atom is 0.0554 e. The third-order valence-electron chi connectivity index (χ3n) is 10.4. The molecule has 8 aromatic carbocycles. The number of anilines is 3. The lowest BCUT2D eigenvalue weighted by molar-refractivity contribution is 0.661. The first-order valence-electron chi connectivity index (χ1n) is 16.4. The fourth-order valence-corrected chi connectivity index (χ4v) is 9.37. The van der Waals surface area contributed by atoms with Gasteiger partial charge in [-0.25, -0.2) is 0 Å². The van der Waals surface area contributed by atoms with E-state index in [-0.39, 0.29) is 5.41 Å². The number of rotatable bonds is 3. The van der Waals surface area contributed by atoms with Crippen molar-refractivity contribution < 1.29 is 0 Å². The van der Waals surface area contributed by atoms with Crippen LogP contribution in [0.4, 0.5) is 17.1 Å². The Morgan fingerprint density at radius 3 is 2.11 bits per heavy atom. The molecule has 0 amide bonds. The van der Waals surface area contributed by atoms with Gasteiger partial charge in [-0.3, -0.25) is 0 Å². The van der Waals surface area contributed by atoms with Crippen LogP contribution < -0.4 is 4.90 Å². The van der Waals surface area contributed by atoms with E-state index < -0.39 is 0 Å². The average Bonchev–Trinajstić information content (AvgIpc) is 3.61. The quantitative estimate of drug-likeness (QED) is 0.178.